The van der Waals surface area contributed by atoms with Crippen LogP contribution < -0.4 is 10.2 Å². The lowest BCUT2D eigenvalue weighted by Gasteiger charge is -2.26. The lowest BCUT2D eigenvalue weighted by Crippen LogP contribution is -2.36. The Morgan fingerprint density at radius 2 is 2.21 bits per heavy atom. The first-order valence-electron chi connectivity index (χ1n) is 6.75. The van der Waals surface area contributed by atoms with Crippen molar-refractivity contribution in [2.24, 2.45) is 0 Å². The Morgan fingerprint density at radius 1 is 1.42 bits per heavy atom. The predicted octanol–water partition coefficient (Wildman–Crippen LogP) is 1.63. The van der Waals surface area contributed by atoms with Gasteiger partial charge in [0.25, 0.3) is 5.69 Å². The largest absolute Gasteiger partial charge is 0.355 e. The average molecular weight is 262 g/mol. The van der Waals surface area contributed by atoms with Crippen molar-refractivity contribution >= 4 is 11.5 Å². The molecule has 0 spiro atoms. The second kappa shape index (κ2) is 4.77. The third-order valence-corrected chi connectivity index (χ3v) is 4.07. The van der Waals surface area contributed by atoms with E-state index in [2.05, 4.69) is 15.2 Å². The molecule has 2 aliphatic rings. The van der Waals surface area contributed by atoms with E-state index in [4.69, 9.17) is 0 Å². The first-order valence-corrected chi connectivity index (χ1v) is 6.75. The zero-order valence-corrected chi connectivity index (χ0v) is 11.0. The lowest BCUT2D eigenvalue weighted by atomic mass is 10.1. The zero-order chi connectivity index (χ0) is 13.4. The molecule has 102 valence electrons. The van der Waals surface area contributed by atoms with Crippen molar-refractivity contribution in [3.63, 3.8) is 0 Å². The van der Waals surface area contributed by atoms with Gasteiger partial charge in [-0.25, -0.2) is 4.98 Å². The molecule has 1 N–H and O–H groups in total. The number of anilines is 1. The molecule has 1 aromatic rings. The highest BCUT2D eigenvalue weighted by Crippen LogP contribution is 2.27. The third kappa shape index (κ3) is 2.40. The van der Waals surface area contributed by atoms with Crippen molar-refractivity contribution in [2.75, 3.05) is 18.0 Å². The molecule has 3 rings (SSSR count). The van der Waals surface area contributed by atoms with E-state index in [-0.39, 0.29) is 5.69 Å². The van der Waals surface area contributed by atoms with Gasteiger partial charge in [0.1, 0.15) is 12.0 Å². The van der Waals surface area contributed by atoms with Crippen LogP contribution in [0.3, 0.4) is 0 Å². The molecular weight excluding hydrogens is 244 g/mol. The molecule has 2 unspecified atom stereocenters. The van der Waals surface area contributed by atoms with Crippen LogP contribution in [0.4, 0.5) is 11.5 Å². The van der Waals surface area contributed by atoms with Gasteiger partial charge in [-0.1, -0.05) is 0 Å². The van der Waals surface area contributed by atoms with Crippen LogP contribution in [0.5, 0.6) is 0 Å². The van der Waals surface area contributed by atoms with Gasteiger partial charge in [-0.3, -0.25) is 10.1 Å². The molecule has 6 nitrogen and oxygen atoms in total. The fraction of sp³-hybridized carbons (Fsp3) is 0.615. The summed E-state index contributed by atoms with van der Waals surface area (Å²) in [5, 5.41) is 14.4. The Balaban J connectivity index is 1.83. The maximum absolute atomic E-state index is 10.7. The summed E-state index contributed by atoms with van der Waals surface area (Å²) in [4.78, 5) is 16.9. The van der Waals surface area contributed by atoms with Crippen LogP contribution in [0, 0.1) is 17.0 Å². The van der Waals surface area contributed by atoms with Gasteiger partial charge in [-0.2, -0.15) is 0 Å². The van der Waals surface area contributed by atoms with Crippen molar-refractivity contribution in [1.29, 1.82) is 0 Å². The maximum atomic E-state index is 10.7. The molecule has 0 aromatic carbocycles. The molecule has 0 aliphatic carbocycles. The number of aromatic nitrogens is 1. The summed E-state index contributed by atoms with van der Waals surface area (Å²) in [6.45, 7) is 3.81. The van der Waals surface area contributed by atoms with Gasteiger partial charge in [0.05, 0.1) is 4.92 Å². The van der Waals surface area contributed by atoms with Crippen molar-refractivity contribution in [3.8, 4) is 0 Å². The normalized spacial score (nSPS) is 26.3. The third-order valence-electron chi connectivity index (χ3n) is 4.07. The summed E-state index contributed by atoms with van der Waals surface area (Å²) in [7, 11) is 0. The summed E-state index contributed by atoms with van der Waals surface area (Å²) >= 11 is 0. The number of nitro groups is 1. The molecule has 19 heavy (non-hydrogen) atoms. The van der Waals surface area contributed by atoms with Crippen LogP contribution >= 0.6 is 0 Å². The van der Waals surface area contributed by atoms with E-state index in [0.717, 1.165) is 30.9 Å². The maximum Gasteiger partial charge on any atom is 0.287 e. The van der Waals surface area contributed by atoms with E-state index in [0.29, 0.717) is 12.1 Å². The van der Waals surface area contributed by atoms with E-state index in [1.807, 2.05) is 6.92 Å². The molecule has 0 amide bonds. The standard InChI is InChI=1S/C13H18N4O2/c1-9-6-12(17(18)19)7-14-13(9)16-5-4-10-2-3-11(8-16)15-10/h6-7,10-11,15H,2-5,8H2,1H3. The SMILES string of the molecule is Cc1cc([N+](=O)[O-])cnc1N1CCC2CCC(C1)N2. The summed E-state index contributed by atoms with van der Waals surface area (Å²) in [6.07, 6.45) is 4.96. The summed E-state index contributed by atoms with van der Waals surface area (Å²) in [6, 6.07) is 2.77. The van der Waals surface area contributed by atoms with Gasteiger partial charge in [-0.15, -0.1) is 0 Å². The van der Waals surface area contributed by atoms with Crippen molar-refractivity contribution in [2.45, 2.75) is 38.3 Å². The Kier molecular flexibility index (Phi) is 3.10. The number of nitrogens with one attached hydrogen (secondary N) is 1. The van der Waals surface area contributed by atoms with Gasteiger partial charge >= 0.3 is 0 Å². The van der Waals surface area contributed by atoms with Crippen LogP contribution in [0.2, 0.25) is 0 Å². The highest BCUT2D eigenvalue weighted by atomic mass is 16.6. The first kappa shape index (κ1) is 12.3. The van der Waals surface area contributed by atoms with Crippen molar-refractivity contribution in [1.82, 2.24) is 10.3 Å². The Hall–Kier alpha value is -1.69. The molecule has 2 fully saturated rings. The van der Waals surface area contributed by atoms with Crippen LogP contribution in [-0.2, 0) is 0 Å². The van der Waals surface area contributed by atoms with Crippen molar-refractivity contribution < 1.29 is 4.92 Å². The minimum Gasteiger partial charge on any atom is -0.355 e. The molecular formula is C13H18N4O2. The van der Waals surface area contributed by atoms with E-state index in [1.165, 1.54) is 19.0 Å². The van der Waals surface area contributed by atoms with Crippen LogP contribution in [0.1, 0.15) is 24.8 Å². The fourth-order valence-electron chi connectivity index (χ4n) is 3.12. The molecule has 1 aromatic heterocycles. The average Bonchev–Trinajstić information content (AvgIpc) is 2.70. The summed E-state index contributed by atoms with van der Waals surface area (Å²) in [5.74, 6) is 0.889. The van der Waals surface area contributed by atoms with E-state index >= 15 is 0 Å². The van der Waals surface area contributed by atoms with Gasteiger partial charge in [0.2, 0.25) is 0 Å². The van der Waals surface area contributed by atoms with Gasteiger partial charge in [-0.05, 0) is 31.7 Å². The second-order valence-electron chi connectivity index (χ2n) is 5.46. The van der Waals surface area contributed by atoms with E-state index < -0.39 is 4.92 Å². The highest BCUT2D eigenvalue weighted by molar-refractivity contribution is 5.50. The smallest absolute Gasteiger partial charge is 0.287 e. The number of nitrogens with zero attached hydrogens (tertiary/aromatic N) is 3. The van der Waals surface area contributed by atoms with Crippen LogP contribution in [-0.4, -0.2) is 35.1 Å². The number of aryl methyl sites for hydroxylation is 1. The minimum atomic E-state index is -0.393. The summed E-state index contributed by atoms with van der Waals surface area (Å²) < 4.78 is 0. The van der Waals surface area contributed by atoms with Gasteiger partial charge < -0.3 is 10.2 Å². The molecule has 3 heterocycles. The van der Waals surface area contributed by atoms with E-state index in [9.17, 15) is 10.1 Å². The molecule has 2 bridgehead atoms. The molecule has 2 aliphatic heterocycles. The fourth-order valence-corrected chi connectivity index (χ4v) is 3.12. The van der Waals surface area contributed by atoms with Crippen LogP contribution in [0.15, 0.2) is 12.3 Å². The number of pyridine rings is 1. The predicted molar refractivity (Wildman–Crippen MR) is 72.4 cm³/mol. The second-order valence-corrected chi connectivity index (χ2v) is 5.46. The molecule has 2 saturated heterocycles. The quantitative estimate of drug-likeness (QED) is 0.648. The Morgan fingerprint density at radius 3 is 2.95 bits per heavy atom. The van der Waals surface area contributed by atoms with Crippen LogP contribution in [0.25, 0.3) is 0 Å². The highest BCUT2D eigenvalue weighted by Gasteiger charge is 2.30. The van der Waals surface area contributed by atoms with E-state index in [1.54, 1.807) is 6.07 Å². The molecule has 2 atom stereocenters. The number of hydrogen-bond acceptors (Lipinski definition) is 5. The monoisotopic (exact) mass is 262 g/mol. The topological polar surface area (TPSA) is 71.3 Å². The summed E-state index contributed by atoms with van der Waals surface area (Å²) in [5.41, 5.74) is 0.947. The number of hydrogen-bond donors (Lipinski definition) is 1. The Labute approximate surface area is 112 Å². The van der Waals surface area contributed by atoms with Gasteiger partial charge in [0.15, 0.2) is 0 Å². The lowest BCUT2D eigenvalue weighted by molar-refractivity contribution is -0.385. The molecule has 0 saturated carbocycles. The number of fused-ring (bicyclic) bond motifs is 2. The van der Waals surface area contributed by atoms with Crippen molar-refractivity contribution in [3.05, 3.63) is 27.9 Å². The van der Waals surface area contributed by atoms with Gasteiger partial charge in [0, 0.05) is 31.2 Å². The molecule has 0 radical (unpaired) electrons. The first-order chi connectivity index (χ1) is 9.13. The number of rotatable bonds is 2. The molecule has 6 heteroatoms. The Bertz CT molecular complexity index is 505. The minimum absolute atomic E-state index is 0.0655. The zero-order valence-electron chi connectivity index (χ0n) is 11.0.